The van der Waals surface area contributed by atoms with E-state index in [0.717, 1.165) is 61.5 Å². The van der Waals surface area contributed by atoms with Gasteiger partial charge in [0.2, 0.25) is 5.95 Å². The summed E-state index contributed by atoms with van der Waals surface area (Å²) >= 11 is 6.31. The topological polar surface area (TPSA) is 46.4 Å². The molecule has 0 amide bonds. The van der Waals surface area contributed by atoms with Crippen LogP contribution < -0.4 is 4.90 Å². The SMILES string of the molecule is CC1OC2(CCN(c3nnc4n3-c3ccc(Cl)cc3CN(C)C4)CC2)c2ccccc21. The third-order valence-electron chi connectivity index (χ3n) is 6.99. The summed E-state index contributed by atoms with van der Waals surface area (Å²) in [7, 11) is 2.11. The lowest BCUT2D eigenvalue weighted by molar-refractivity contribution is -0.0844. The molecule has 7 heteroatoms. The van der Waals surface area contributed by atoms with Crippen LogP contribution >= 0.6 is 11.6 Å². The summed E-state index contributed by atoms with van der Waals surface area (Å²) in [6, 6.07) is 14.8. The minimum atomic E-state index is -0.181. The van der Waals surface area contributed by atoms with Gasteiger partial charge in [0, 0.05) is 24.7 Å². The summed E-state index contributed by atoms with van der Waals surface area (Å²) < 4.78 is 8.77. The largest absolute Gasteiger partial charge is 0.363 e. The molecule has 1 fully saturated rings. The summed E-state index contributed by atoms with van der Waals surface area (Å²) in [5.74, 6) is 1.89. The van der Waals surface area contributed by atoms with Crippen LogP contribution in [0.3, 0.4) is 0 Å². The highest BCUT2D eigenvalue weighted by atomic mass is 35.5. The number of piperidine rings is 1. The van der Waals surface area contributed by atoms with Gasteiger partial charge in [0.05, 0.1) is 23.9 Å². The van der Waals surface area contributed by atoms with Crippen molar-refractivity contribution in [2.24, 2.45) is 0 Å². The molecule has 3 aliphatic rings. The Labute approximate surface area is 187 Å². The number of anilines is 1. The Morgan fingerprint density at radius 2 is 1.87 bits per heavy atom. The molecule has 6 rings (SSSR count). The van der Waals surface area contributed by atoms with Gasteiger partial charge in [-0.1, -0.05) is 35.9 Å². The summed E-state index contributed by atoms with van der Waals surface area (Å²) in [6.07, 6.45) is 2.05. The lowest BCUT2D eigenvalue weighted by Crippen LogP contribution is -2.43. The number of ether oxygens (including phenoxy) is 1. The molecule has 0 aliphatic carbocycles. The normalized spacial score (nSPS) is 22.2. The number of nitrogens with zero attached hydrogens (tertiary/aromatic N) is 5. The van der Waals surface area contributed by atoms with Gasteiger partial charge in [-0.3, -0.25) is 9.47 Å². The van der Waals surface area contributed by atoms with Crippen LogP contribution in [-0.2, 0) is 23.4 Å². The van der Waals surface area contributed by atoms with Crippen molar-refractivity contribution in [3.8, 4) is 5.69 Å². The number of hydrogen-bond donors (Lipinski definition) is 0. The van der Waals surface area contributed by atoms with Crippen LogP contribution in [-0.4, -0.2) is 39.8 Å². The molecule has 6 nitrogen and oxygen atoms in total. The molecule has 31 heavy (non-hydrogen) atoms. The number of benzene rings is 2. The zero-order chi connectivity index (χ0) is 21.2. The van der Waals surface area contributed by atoms with Gasteiger partial charge >= 0.3 is 0 Å². The van der Waals surface area contributed by atoms with Crippen LogP contribution in [0.25, 0.3) is 5.69 Å². The summed E-state index contributed by atoms with van der Waals surface area (Å²) in [4.78, 5) is 4.61. The molecule has 2 aromatic carbocycles. The first-order valence-corrected chi connectivity index (χ1v) is 11.4. The number of hydrogen-bond acceptors (Lipinski definition) is 5. The van der Waals surface area contributed by atoms with Crippen LogP contribution in [0.5, 0.6) is 0 Å². The van der Waals surface area contributed by atoms with Crippen LogP contribution in [0.15, 0.2) is 42.5 Å². The maximum Gasteiger partial charge on any atom is 0.231 e. The lowest BCUT2D eigenvalue weighted by atomic mass is 9.83. The van der Waals surface area contributed by atoms with Gasteiger partial charge in [0.15, 0.2) is 5.82 Å². The van der Waals surface area contributed by atoms with E-state index in [1.165, 1.54) is 16.7 Å². The third kappa shape index (κ3) is 3.00. The molecule has 0 bridgehead atoms. The van der Waals surface area contributed by atoms with Gasteiger partial charge in [-0.25, -0.2) is 0 Å². The molecular formula is C24H26ClN5O. The molecular weight excluding hydrogens is 410 g/mol. The molecule has 1 saturated heterocycles. The Hall–Kier alpha value is -2.41. The average molecular weight is 436 g/mol. The lowest BCUT2D eigenvalue weighted by Gasteiger charge is -2.40. The average Bonchev–Trinajstić information content (AvgIpc) is 3.24. The zero-order valence-electron chi connectivity index (χ0n) is 17.9. The van der Waals surface area contributed by atoms with E-state index in [-0.39, 0.29) is 11.7 Å². The van der Waals surface area contributed by atoms with Gasteiger partial charge in [-0.2, -0.15) is 0 Å². The molecule has 160 valence electrons. The minimum Gasteiger partial charge on any atom is -0.363 e. The Kier molecular flexibility index (Phi) is 4.39. The van der Waals surface area contributed by atoms with Crippen molar-refractivity contribution in [3.05, 3.63) is 70.0 Å². The first-order chi connectivity index (χ1) is 15.0. The van der Waals surface area contributed by atoms with Gasteiger partial charge < -0.3 is 9.64 Å². The van der Waals surface area contributed by atoms with Crippen molar-refractivity contribution in [3.63, 3.8) is 0 Å². The Bertz CT molecular complexity index is 1150. The summed E-state index contributed by atoms with van der Waals surface area (Å²) in [5, 5.41) is 9.96. The fraction of sp³-hybridized carbons (Fsp3) is 0.417. The van der Waals surface area contributed by atoms with E-state index in [1.807, 2.05) is 6.07 Å². The predicted octanol–water partition coefficient (Wildman–Crippen LogP) is 4.45. The van der Waals surface area contributed by atoms with Crippen LogP contribution in [0.4, 0.5) is 5.95 Å². The van der Waals surface area contributed by atoms with Crippen molar-refractivity contribution in [2.45, 2.75) is 44.6 Å². The van der Waals surface area contributed by atoms with E-state index in [2.05, 4.69) is 74.9 Å². The molecule has 0 radical (unpaired) electrons. The van der Waals surface area contributed by atoms with Gasteiger partial charge in [-0.15, -0.1) is 10.2 Å². The maximum atomic E-state index is 6.55. The molecule has 3 aliphatic heterocycles. The molecule has 3 aromatic rings. The number of aromatic nitrogens is 3. The van der Waals surface area contributed by atoms with Crippen LogP contribution in [0, 0.1) is 0 Å². The van der Waals surface area contributed by atoms with Crippen molar-refractivity contribution in [2.75, 3.05) is 25.0 Å². The Morgan fingerprint density at radius 1 is 1.06 bits per heavy atom. The predicted molar refractivity (Wildman–Crippen MR) is 121 cm³/mol. The monoisotopic (exact) mass is 435 g/mol. The molecule has 1 spiro atoms. The quantitative estimate of drug-likeness (QED) is 0.565. The van der Waals surface area contributed by atoms with Gasteiger partial charge in [-0.05, 0) is 61.7 Å². The van der Waals surface area contributed by atoms with E-state index < -0.39 is 0 Å². The van der Waals surface area contributed by atoms with E-state index in [4.69, 9.17) is 16.3 Å². The first-order valence-electron chi connectivity index (χ1n) is 11.0. The summed E-state index contributed by atoms with van der Waals surface area (Å²) in [6.45, 7) is 5.53. The van der Waals surface area contributed by atoms with Crippen molar-refractivity contribution in [1.82, 2.24) is 19.7 Å². The number of halogens is 1. The number of rotatable bonds is 1. The molecule has 1 aromatic heterocycles. The smallest absolute Gasteiger partial charge is 0.231 e. The van der Waals surface area contributed by atoms with E-state index >= 15 is 0 Å². The van der Waals surface area contributed by atoms with Gasteiger partial charge in [0.1, 0.15) is 0 Å². The van der Waals surface area contributed by atoms with Gasteiger partial charge in [0.25, 0.3) is 0 Å². The second kappa shape index (κ2) is 7.05. The second-order valence-corrected chi connectivity index (χ2v) is 9.46. The fourth-order valence-electron chi connectivity index (χ4n) is 5.53. The second-order valence-electron chi connectivity index (χ2n) is 9.03. The Morgan fingerprint density at radius 3 is 2.71 bits per heavy atom. The first kappa shape index (κ1) is 19.3. The van der Waals surface area contributed by atoms with E-state index in [1.54, 1.807) is 0 Å². The van der Waals surface area contributed by atoms with Crippen molar-refractivity contribution < 1.29 is 4.74 Å². The van der Waals surface area contributed by atoms with E-state index in [9.17, 15) is 0 Å². The Balaban J connectivity index is 1.34. The highest BCUT2D eigenvalue weighted by Crippen LogP contribution is 2.49. The standard InChI is InChI=1S/C24H26ClN5O/c1-16-19-5-3-4-6-20(19)24(31-16)9-11-29(12-10-24)23-27-26-22-15-28(2)14-17-13-18(25)7-8-21(17)30(22)23/h3-8,13,16H,9-12,14-15H2,1-2H3. The van der Waals surface area contributed by atoms with E-state index in [0.29, 0.717) is 0 Å². The van der Waals surface area contributed by atoms with Crippen LogP contribution in [0.2, 0.25) is 5.02 Å². The van der Waals surface area contributed by atoms with Crippen molar-refractivity contribution >= 4 is 17.5 Å². The number of fused-ring (bicyclic) bond motifs is 5. The molecule has 0 saturated carbocycles. The molecule has 0 N–H and O–H groups in total. The zero-order valence-corrected chi connectivity index (χ0v) is 18.6. The third-order valence-corrected chi connectivity index (χ3v) is 7.23. The fourth-order valence-corrected chi connectivity index (χ4v) is 5.73. The maximum absolute atomic E-state index is 6.55. The molecule has 4 heterocycles. The summed E-state index contributed by atoms with van der Waals surface area (Å²) in [5.41, 5.74) is 4.84. The minimum absolute atomic E-state index is 0.152. The highest BCUT2D eigenvalue weighted by Gasteiger charge is 2.45. The van der Waals surface area contributed by atoms with Crippen molar-refractivity contribution in [1.29, 1.82) is 0 Å². The molecule has 1 atom stereocenters. The molecule has 1 unspecified atom stereocenters. The highest BCUT2D eigenvalue weighted by molar-refractivity contribution is 6.30. The van der Waals surface area contributed by atoms with Crippen LogP contribution in [0.1, 0.15) is 48.4 Å².